The van der Waals surface area contributed by atoms with Gasteiger partial charge < -0.3 is 14.7 Å². The molecule has 130 valence electrons. The van der Waals surface area contributed by atoms with Crippen LogP contribution < -0.4 is 4.90 Å². The topological polar surface area (TPSA) is 73.6 Å². The third-order valence-corrected chi connectivity index (χ3v) is 4.77. The lowest BCUT2D eigenvalue weighted by atomic mass is 9.43. The van der Waals surface area contributed by atoms with Crippen LogP contribution in [0.4, 0.5) is 5.69 Å². The van der Waals surface area contributed by atoms with Crippen LogP contribution in [0.25, 0.3) is 0 Å². The Morgan fingerprint density at radius 3 is 2.83 bits per heavy atom. The SMILES string of the molecule is CC.Cc1cc(Br)c(N2CCB(C#N)CC2CO)cc1COC=O. The zero-order valence-electron chi connectivity index (χ0n) is 14.5. The molecule has 0 bridgehead atoms. The molecule has 1 fully saturated rings. The van der Waals surface area contributed by atoms with E-state index in [-0.39, 0.29) is 26.0 Å². The third-order valence-electron chi connectivity index (χ3n) is 4.13. The van der Waals surface area contributed by atoms with E-state index in [4.69, 9.17) is 10.00 Å². The molecule has 1 aliphatic heterocycles. The summed E-state index contributed by atoms with van der Waals surface area (Å²) in [5.41, 5.74) is 2.93. The number of halogens is 1. The lowest BCUT2D eigenvalue weighted by molar-refractivity contribution is -0.129. The van der Waals surface area contributed by atoms with Gasteiger partial charge in [0.25, 0.3) is 13.2 Å². The van der Waals surface area contributed by atoms with Crippen molar-refractivity contribution in [3.8, 4) is 5.97 Å². The minimum absolute atomic E-state index is 0.00418. The van der Waals surface area contributed by atoms with E-state index in [1.807, 2.05) is 32.9 Å². The van der Waals surface area contributed by atoms with Crippen LogP contribution in [0.5, 0.6) is 0 Å². The molecule has 1 saturated heterocycles. The third kappa shape index (κ3) is 4.99. The summed E-state index contributed by atoms with van der Waals surface area (Å²) >= 11 is 3.58. The van der Waals surface area contributed by atoms with Crippen molar-refractivity contribution in [2.45, 2.75) is 46.1 Å². The Kier molecular flexibility index (Phi) is 8.87. The normalized spacial score (nSPS) is 16.8. The zero-order chi connectivity index (χ0) is 18.1. The first-order valence-corrected chi connectivity index (χ1v) is 9.01. The zero-order valence-corrected chi connectivity index (χ0v) is 16.0. The molecule has 1 unspecified atom stereocenters. The van der Waals surface area contributed by atoms with Crippen molar-refractivity contribution in [2.24, 2.45) is 0 Å². The molecule has 5 nitrogen and oxygen atoms in total. The van der Waals surface area contributed by atoms with E-state index in [1.165, 1.54) is 0 Å². The van der Waals surface area contributed by atoms with Crippen LogP contribution in [0.1, 0.15) is 25.0 Å². The van der Waals surface area contributed by atoms with E-state index in [2.05, 4.69) is 26.8 Å². The molecule has 0 aliphatic carbocycles. The highest BCUT2D eigenvalue weighted by Crippen LogP contribution is 2.34. The number of ether oxygens (including phenoxy) is 1. The number of nitrogens with zero attached hydrogens (tertiary/aromatic N) is 2. The van der Waals surface area contributed by atoms with Crippen molar-refractivity contribution in [1.82, 2.24) is 0 Å². The first-order valence-electron chi connectivity index (χ1n) is 8.22. The Morgan fingerprint density at radius 2 is 2.25 bits per heavy atom. The minimum Gasteiger partial charge on any atom is -0.463 e. The summed E-state index contributed by atoms with van der Waals surface area (Å²) in [4.78, 5) is 12.5. The highest BCUT2D eigenvalue weighted by atomic mass is 79.9. The molecule has 0 radical (unpaired) electrons. The fourth-order valence-corrected chi connectivity index (χ4v) is 3.55. The molecule has 0 saturated carbocycles. The number of benzene rings is 1. The highest BCUT2D eigenvalue weighted by Gasteiger charge is 2.31. The number of hydrogen-bond acceptors (Lipinski definition) is 5. The van der Waals surface area contributed by atoms with Crippen molar-refractivity contribution in [2.75, 3.05) is 18.1 Å². The molecule has 1 aromatic carbocycles. The Bertz CT molecular complexity index is 592. The van der Waals surface area contributed by atoms with E-state index < -0.39 is 0 Å². The predicted octanol–water partition coefficient (Wildman–Crippen LogP) is 3.20. The smallest absolute Gasteiger partial charge is 0.293 e. The van der Waals surface area contributed by atoms with E-state index in [0.29, 0.717) is 12.8 Å². The van der Waals surface area contributed by atoms with Gasteiger partial charge in [-0.3, -0.25) is 4.79 Å². The molecule has 7 heteroatoms. The summed E-state index contributed by atoms with van der Waals surface area (Å²) in [6.45, 7) is 7.36. The van der Waals surface area contributed by atoms with Gasteiger partial charge in [-0.05, 0) is 58.8 Å². The van der Waals surface area contributed by atoms with Crippen LogP contribution in [0.15, 0.2) is 16.6 Å². The number of hydrogen-bond donors (Lipinski definition) is 1. The average molecular weight is 395 g/mol. The number of rotatable bonds is 5. The minimum atomic E-state index is -0.0720. The number of carbonyl (C=O) groups is 1. The van der Waals surface area contributed by atoms with Gasteiger partial charge >= 0.3 is 0 Å². The molecule has 1 N–H and O–H groups in total. The van der Waals surface area contributed by atoms with Crippen LogP contribution in [0.2, 0.25) is 12.6 Å². The second-order valence-electron chi connectivity index (χ2n) is 5.52. The van der Waals surface area contributed by atoms with Crippen LogP contribution in [-0.2, 0) is 16.1 Å². The molecular formula is C17H24BBrN2O3. The van der Waals surface area contributed by atoms with Gasteiger partial charge in [-0.25, -0.2) is 5.26 Å². The Morgan fingerprint density at radius 1 is 1.54 bits per heavy atom. The molecule has 0 spiro atoms. The molecule has 0 aromatic heterocycles. The molecule has 0 amide bonds. The van der Waals surface area contributed by atoms with Crippen LogP contribution >= 0.6 is 15.9 Å². The fraction of sp³-hybridized carbons (Fsp3) is 0.529. The Hall–Kier alpha value is -1.52. The molecule has 2 rings (SSSR count). The van der Waals surface area contributed by atoms with Crippen molar-refractivity contribution in [1.29, 1.82) is 5.26 Å². The summed E-state index contributed by atoms with van der Waals surface area (Å²) in [7, 11) is 0. The average Bonchev–Trinajstić information content (AvgIpc) is 2.62. The Labute approximate surface area is 152 Å². The fourth-order valence-electron chi connectivity index (χ4n) is 2.86. The van der Waals surface area contributed by atoms with Crippen LogP contribution in [0, 0.1) is 18.2 Å². The monoisotopic (exact) mass is 394 g/mol. The quantitative estimate of drug-likeness (QED) is 0.613. The van der Waals surface area contributed by atoms with Gasteiger partial charge in [-0.2, -0.15) is 0 Å². The number of carbonyl (C=O) groups excluding carboxylic acids is 1. The van der Waals surface area contributed by atoms with Gasteiger partial charge in [0.2, 0.25) is 0 Å². The maximum Gasteiger partial charge on any atom is 0.293 e. The summed E-state index contributed by atoms with van der Waals surface area (Å²) in [6, 6.07) is 3.90. The van der Waals surface area contributed by atoms with E-state index >= 15 is 0 Å². The standard InChI is InChI=1S/C15H18BBrN2O3.C2H6/c1-11-4-14(17)15(5-12(11)8-22-10-21)19-3-2-16(9-18)6-13(19)7-20;1-2/h4-5,10,13,20H,2-3,6-8H2,1H3;1-2H3. The largest absolute Gasteiger partial charge is 0.463 e. The summed E-state index contributed by atoms with van der Waals surface area (Å²) in [5.74, 6) is 2.29. The van der Waals surface area contributed by atoms with Crippen molar-refractivity contribution < 1.29 is 14.6 Å². The van der Waals surface area contributed by atoms with E-state index in [9.17, 15) is 9.90 Å². The molecule has 1 aliphatic rings. The number of aryl methyl sites for hydroxylation is 1. The summed E-state index contributed by atoms with van der Waals surface area (Å²) < 4.78 is 5.80. The first-order chi connectivity index (χ1) is 11.6. The van der Waals surface area contributed by atoms with Gasteiger partial charge in [-0.15, -0.1) is 0 Å². The van der Waals surface area contributed by atoms with Crippen molar-refractivity contribution >= 4 is 34.8 Å². The lowest BCUT2D eigenvalue weighted by Gasteiger charge is -2.38. The maximum absolute atomic E-state index is 10.4. The molecule has 1 heterocycles. The molecule has 24 heavy (non-hydrogen) atoms. The van der Waals surface area contributed by atoms with Gasteiger partial charge in [0, 0.05) is 23.0 Å². The lowest BCUT2D eigenvalue weighted by Crippen LogP contribution is -2.47. The second kappa shape index (κ2) is 10.4. The molecular weight excluding hydrogens is 371 g/mol. The summed E-state index contributed by atoms with van der Waals surface area (Å²) in [5, 5.41) is 18.7. The Balaban J connectivity index is 0.00000139. The van der Waals surface area contributed by atoms with Crippen molar-refractivity contribution in [3.05, 3.63) is 27.7 Å². The van der Waals surface area contributed by atoms with Crippen LogP contribution in [-0.4, -0.2) is 37.5 Å². The van der Waals surface area contributed by atoms with Gasteiger partial charge in [0.1, 0.15) is 6.61 Å². The van der Waals surface area contributed by atoms with Gasteiger partial charge in [0.15, 0.2) is 0 Å². The van der Waals surface area contributed by atoms with Gasteiger partial charge in [0.05, 0.1) is 12.3 Å². The second-order valence-corrected chi connectivity index (χ2v) is 6.37. The van der Waals surface area contributed by atoms with E-state index in [1.54, 1.807) is 0 Å². The number of aliphatic hydroxyl groups is 1. The number of nitriles is 1. The van der Waals surface area contributed by atoms with E-state index in [0.717, 1.165) is 34.2 Å². The highest BCUT2D eigenvalue weighted by molar-refractivity contribution is 9.10. The van der Waals surface area contributed by atoms with Gasteiger partial charge in [-0.1, -0.05) is 13.8 Å². The first kappa shape index (κ1) is 20.5. The summed E-state index contributed by atoms with van der Waals surface area (Å²) in [6.07, 6.45) is 1.45. The van der Waals surface area contributed by atoms with Crippen molar-refractivity contribution in [3.63, 3.8) is 0 Å². The predicted molar refractivity (Wildman–Crippen MR) is 100 cm³/mol. The van der Waals surface area contributed by atoms with Crippen LogP contribution in [0.3, 0.4) is 0 Å². The molecule has 1 aromatic rings. The maximum atomic E-state index is 10.4. The number of aliphatic hydroxyl groups excluding tert-OH is 1. The number of anilines is 1. The molecule has 1 atom stereocenters.